The van der Waals surface area contributed by atoms with Crippen molar-refractivity contribution in [1.82, 2.24) is 4.57 Å². The van der Waals surface area contributed by atoms with Crippen molar-refractivity contribution in [3.63, 3.8) is 0 Å². The molecule has 0 saturated heterocycles. The minimum Gasteiger partial charge on any atom is -0.340 e. The number of para-hydroxylation sites is 1. The number of carbonyl (C=O) groups is 1. The Balaban J connectivity index is 1.84. The van der Waals surface area contributed by atoms with Gasteiger partial charge in [-0.1, -0.05) is 77.8 Å². The summed E-state index contributed by atoms with van der Waals surface area (Å²) in [6, 6.07) is 24.3. The molecule has 0 unspecified atom stereocenters. The van der Waals surface area contributed by atoms with E-state index in [1.165, 1.54) is 0 Å². The first-order valence-electron chi connectivity index (χ1n) is 9.73. The van der Waals surface area contributed by atoms with Crippen LogP contribution in [0, 0.1) is 18.3 Å². The summed E-state index contributed by atoms with van der Waals surface area (Å²) in [5.41, 5.74) is 4.32. The van der Waals surface area contributed by atoms with Gasteiger partial charge in [-0.15, -0.1) is 0 Å². The van der Waals surface area contributed by atoms with Gasteiger partial charge in [-0.25, -0.2) is 0 Å². The first kappa shape index (κ1) is 20.9. The van der Waals surface area contributed by atoms with Gasteiger partial charge in [0.1, 0.15) is 11.6 Å². The highest BCUT2D eigenvalue weighted by molar-refractivity contribution is 6.35. The van der Waals surface area contributed by atoms with E-state index in [1.807, 2.05) is 49.4 Å². The molecule has 152 valence electrons. The summed E-state index contributed by atoms with van der Waals surface area (Å²) < 4.78 is 2.14. The number of carbonyl (C=O) groups excluding carboxylic acids is 1. The molecule has 0 aliphatic carbocycles. The molecule has 1 aromatic heterocycles. The highest BCUT2D eigenvalue weighted by atomic mass is 35.5. The summed E-state index contributed by atoms with van der Waals surface area (Å²) in [6.45, 7) is 2.53. The van der Waals surface area contributed by atoms with Crippen LogP contribution in [0.3, 0.4) is 0 Å². The van der Waals surface area contributed by atoms with Crippen molar-refractivity contribution in [2.24, 2.45) is 0 Å². The molecule has 4 rings (SSSR count). The van der Waals surface area contributed by atoms with Crippen LogP contribution in [0.4, 0.5) is 0 Å². The van der Waals surface area contributed by atoms with Crippen LogP contribution in [0.5, 0.6) is 0 Å². The Bertz CT molecular complexity index is 1360. The van der Waals surface area contributed by atoms with E-state index in [1.54, 1.807) is 36.4 Å². The number of nitrogens with zero attached hydrogens (tertiary/aromatic N) is 2. The third-order valence-electron chi connectivity index (χ3n) is 5.31. The van der Waals surface area contributed by atoms with Crippen LogP contribution in [-0.4, -0.2) is 10.4 Å². The number of halogens is 2. The van der Waals surface area contributed by atoms with Gasteiger partial charge in [-0.2, -0.15) is 5.26 Å². The van der Waals surface area contributed by atoms with Gasteiger partial charge in [-0.3, -0.25) is 4.79 Å². The van der Waals surface area contributed by atoms with E-state index < -0.39 is 0 Å². The Morgan fingerprint density at radius 3 is 2.45 bits per heavy atom. The Morgan fingerprint density at radius 1 is 1.03 bits per heavy atom. The molecule has 0 radical (unpaired) electrons. The van der Waals surface area contributed by atoms with Crippen LogP contribution in [0.15, 0.2) is 78.4 Å². The SMILES string of the molecule is Cc1c(C=C(C#N)C(=O)c2ccccc2)c2ccccc2n1Cc1ccc(Cl)cc1Cl. The van der Waals surface area contributed by atoms with Crippen LogP contribution in [0.25, 0.3) is 17.0 Å². The summed E-state index contributed by atoms with van der Waals surface area (Å²) in [7, 11) is 0. The van der Waals surface area contributed by atoms with Crippen molar-refractivity contribution in [1.29, 1.82) is 5.26 Å². The molecule has 0 bridgehead atoms. The first-order chi connectivity index (χ1) is 15.0. The van der Waals surface area contributed by atoms with E-state index in [-0.39, 0.29) is 11.4 Å². The monoisotopic (exact) mass is 444 g/mol. The maximum absolute atomic E-state index is 12.9. The third kappa shape index (κ3) is 4.14. The van der Waals surface area contributed by atoms with Crippen LogP contribution in [-0.2, 0) is 6.54 Å². The maximum atomic E-state index is 12.9. The Labute approximate surface area is 190 Å². The number of fused-ring (bicyclic) bond motifs is 1. The van der Waals surface area contributed by atoms with Gasteiger partial charge in [0.05, 0.1) is 0 Å². The molecule has 0 amide bonds. The van der Waals surface area contributed by atoms with Gasteiger partial charge in [0, 0.05) is 44.3 Å². The molecule has 0 fully saturated rings. The number of rotatable bonds is 5. The Kier molecular flexibility index (Phi) is 5.95. The van der Waals surface area contributed by atoms with Gasteiger partial charge in [0.15, 0.2) is 0 Å². The molecular formula is C26H18Cl2N2O. The summed E-state index contributed by atoms with van der Waals surface area (Å²) in [6.07, 6.45) is 1.69. The summed E-state index contributed by atoms with van der Waals surface area (Å²) in [5.74, 6) is -0.292. The minimum atomic E-state index is -0.292. The number of hydrogen-bond acceptors (Lipinski definition) is 2. The lowest BCUT2D eigenvalue weighted by Gasteiger charge is -2.10. The molecule has 0 N–H and O–H groups in total. The molecule has 0 aliphatic heterocycles. The number of ketones is 1. The van der Waals surface area contributed by atoms with Crippen molar-refractivity contribution >= 4 is 46.0 Å². The van der Waals surface area contributed by atoms with Gasteiger partial charge in [0.25, 0.3) is 0 Å². The van der Waals surface area contributed by atoms with E-state index >= 15 is 0 Å². The zero-order valence-corrected chi connectivity index (χ0v) is 18.3. The standard InChI is InChI=1S/C26H18Cl2N2O/c1-17-23(13-20(15-29)26(31)18-7-3-2-4-8-18)22-9-5-6-10-25(22)30(17)16-19-11-12-21(27)14-24(19)28/h2-14H,16H2,1H3. The van der Waals surface area contributed by atoms with Gasteiger partial charge >= 0.3 is 0 Å². The van der Waals surface area contributed by atoms with Crippen LogP contribution >= 0.6 is 23.2 Å². The molecule has 3 nitrogen and oxygen atoms in total. The van der Waals surface area contributed by atoms with Crippen LogP contribution < -0.4 is 0 Å². The van der Waals surface area contributed by atoms with Crippen LogP contribution in [0.1, 0.15) is 27.2 Å². The van der Waals surface area contributed by atoms with Crippen molar-refractivity contribution in [2.45, 2.75) is 13.5 Å². The summed E-state index contributed by atoms with van der Waals surface area (Å²) >= 11 is 12.5. The topological polar surface area (TPSA) is 45.8 Å². The highest BCUT2D eigenvalue weighted by Crippen LogP contribution is 2.31. The van der Waals surface area contributed by atoms with Gasteiger partial charge in [0.2, 0.25) is 5.78 Å². The molecule has 1 heterocycles. The molecular weight excluding hydrogens is 427 g/mol. The predicted octanol–water partition coefficient (Wildman–Crippen LogP) is 7.09. The number of benzene rings is 3. The normalized spacial score (nSPS) is 11.5. The molecule has 0 aliphatic rings. The number of allylic oxidation sites excluding steroid dienone is 1. The fourth-order valence-electron chi connectivity index (χ4n) is 3.70. The van der Waals surface area contributed by atoms with E-state index in [2.05, 4.69) is 10.6 Å². The predicted molar refractivity (Wildman–Crippen MR) is 127 cm³/mol. The number of hydrogen-bond donors (Lipinski definition) is 0. The van der Waals surface area contributed by atoms with Gasteiger partial charge < -0.3 is 4.57 Å². The molecule has 4 aromatic rings. The summed E-state index contributed by atoms with van der Waals surface area (Å²) in [5, 5.41) is 11.9. The zero-order valence-electron chi connectivity index (χ0n) is 16.8. The smallest absolute Gasteiger partial charge is 0.203 e. The second kappa shape index (κ2) is 8.81. The number of Topliss-reactive ketones (excluding diaryl/α,β-unsaturated/α-hetero) is 1. The largest absolute Gasteiger partial charge is 0.340 e. The average molecular weight is 445 g/mol. The molecule has 0 spiro atoms. The third-order valence-corrected chi connectivity index (χ3v) is 5.90. The maximum Gasteiger partial charge on any atom is 0.203 e. The van der Waals surface area contributed by atoms with Crippen molar-refractivity contribution in [3.05, 3.63) is 111 Å². The number of nitriles is 1. The molecule has 3 aromatic carbocycles. The van der Waals surface area contributed by atoms with Crippen molar-refractivity contribution < 1.29 is 4.79 Å². The lowest BCUT2D eigenvalue weighted by atomic mass is 10.0. The number of aromatic nitrogens is 1. The zero-order chi connectivity index (χ0) is 22.0. The van der Waals surface area contributed by atoms with Crippen molar-refractivity contribution in [3.8, 4) is 6.07 Å². The van der Waals surface area contributed by atoms with E-state index in [9.17, 15) is 10.1 Å². The molecule has 5 heteroatoms. The Hall–Kier alpha value is -3.32. The second-order valence-electron chi connectivity index (χ2n) is 7.20. The Morgan fingerprint density at radius 2 is 1.74 bits per heavy atom. The molecule has 0 saturated carbocycles. The quantitative estimate of drug-likeness (QED) is 0.187. The first-order valence-corrected chi connectivity index (χ1v) is 10.5. The fraction of sp³-hybridized carbons (Fsp3) is 0.0769. The highest BCUT2D eigenvalue weighted by Gasteiger charge is 2.17. The lowest BCUT2D eigenvalue weighted by Crippen LogP contribution is -2.03. The molecule has 0 atom stereocenters. The summed E-state index contributed by atoms with van der Waals surface area (Å²) in [4.78, 5) is 12.9. The molecule has 31 heavy (non-hydrogen) atoms. The van der Waals surface area contributed by atoms with Crippen LogP contribution in [0.2, 0.25) is 10.0 Å². The minimum absolute atomic E-state index is 0.0988. The average Bonchev–Trinajstić information content (AvgIpc) is 3.05. The second-order valence-corrected chi connectivity index (χ2v) is 8.05. The van der Waals surface area contributed by atoms with E-state index in [0.29, 0.717) is 22.2 Å². The van der Waals surface area contributed by atoms with E-state index in [4.69, 9.17) is 23.2 Å². The van der Waals surface area contributed by atoms with Crippen molar-refractivity contribution in [2.75, 3.05) is 0 Å². The lowest BCUT2D eigenvalue weighted by molar-refractivity contribution is 0.104. The van der Waals surface area contributed by atoms with E-state index in [0.717, 1.165) is 27.7 Å². The fourth-order valence-corrected chi connectivity index (χ4v) is 4.17. The van der Waals surface area contributed by atoms with Gasteiger partial charge in [-0.05, 0) is 36.8 Å².